The Balaban J connectivity index is 1.53. The van der Waals surface area contributed by atoms with Gasteiger partial charge in [0.05, 0.1) is 30.6 Å². The number of aliphatic hydroxyl groups excluding tert-OH is 1. The summed E-state index contributed by atoms with van der Waals surface area (Å²) in [6.07, 6.45) is 0.645. The molecule has 3 N–H and O–H groups in total. The van der Waals surface area contributed by atoms with Crippen molar-refractivity contribution in [3.05, 3.63) is 59.7 Å². The highest BCUT2D eigenvalue weighted by Gasteiger charge is 2.75. The summed E-state index contributed by atoms with van der Waals surface area (Å²) in [5.74, 6) is -2.54. The van der Waals surface area contributed by atoms with Crippen LogP contribution in [0.1, 0.15) is 37.8 Å². The molecule has 3 saturated heterocycles. The van der Waals surface area contributed by atoms with Gasteiger partial charge in [-0.25, -0.2) is 0 Å². The first kappa shape index (κ1) is 25.4. The van der Waals surface area contributed by atoms with Crippen molar-refractivity contribution in [2.75, 3.05) is 17.2 Å². The number of likely N-dealkylation sites (tertiary alicyclic amines) is 1. The summed E-state index contributed by atoms with van der Waals surface area (Å²) < 4.78 is 6.50. The van der Waals surface area contributed by atoms with Gasteiger partial charge in [0.15, 0.2) is 0 Å². The quantitative estimate of drug-likeness (QED) is 0.535. The number of hydrogen-bond donors (Lipinski definition) is 3. The lowest BCUT2D eigenvalue weighted by molar-refractivity contribution is -0.144. The van der Waals surface area contributed by atoms with Crippen LogP contribution >= 0.6 is 0 Å². The number of fused-ring (bicyclic) bond motifs is 1. The second kappa shape index (κ2) is 9.58. The van der Waals surface area contributed by atoms with Gasteiger partial charge in [-0.1, -0.05) is 50.2 Å². The Labute approximate surface area is 217 Å². The number of nitrogens with one attached hydrogen (secondary N) is 2. The molecule has 2 unspecified atom stereocenters. The summed E-state index contributed by atoms with van der Waals surface area (Å²) in [7, 11) is 0. The third kappa shape index (κ3) is 4.03. The number of aliphatic hydroxyl groups is 1. The van der Waals surface area contributed by atoms with Crippen molar-refractivity contribution in [2.45, 2.75) is 64.3 Å². The number of ether oxygens (including phenoxy) is 1. The van der Waals surface area contributed by atoms with Crippen LogP contribution in [0.25, 0.3) is 0 Å². The first-order chi connectivity index (χ1) is 17.7. The van der Waals surface area contributed by atoms with E-state index < -0.39 is 35.6 Å². The third-order valence-corrected chi connectivity index (χ3v) is 8.37. The van der Waals surface area contributed by atoms with Crippen LogP contribution < -0.4 is 10.6 Å². The Morgan fingerprint density at radius 2 is 1.73 bits per heavy atom. The first-order valence-corrected chi connectivity index (χ1v) is 13.0. The predicted molar refractivity (Wildman–Crippen MR) is 140 cm³/mol. The van der Waals surface area contributed by atoms with Gasteiger partial charge in [0.2, 0.25) is 17.7 Å². The molecule has 8 heteroatoms. The molecule has 0 aromatic heterocycles. The van der Waals surface area contributed by atoms with E-state index in [4.69, 9.17) is 4.74 Å². The second-order valence-electron chi connectivity index (χ2n) is 10.9. The number of para-hydroxylation sites is 2. The number of aryl methyl sites for hydroxylation is 2. The van der Waals surface area contributed by atoms with Crippen LogP contribution in [-0.2, 0) is 19.1 Å². The molecule has 1 spiro atoms. The number of anilines is 2. The fourth-order valence-electron chi connectivity index (χ4n) is 6.62. The van der Waals surface area contributed by atoms with Crippen LogP contribution in [0.5, 0.6) is 0 Å². The predicted octanol–water partition coefficient (Wildman–Crippen LogP) is 3.27. The zero-order chi connectivity index (χ0) is 26.5. The van der Waals surface area contributed by atoms with E-state index in [9.17, 15) is 19.5 Å². The lowest BCUT2D eigenvalue weighted by Crippen LogP contribution is -2.57. The maximum absolute atomic E-state index is 14.1. The van der Waals surface area contributed by atoms with Gasteiger partial charge in [-0.3, -0.25) is 14.4 Å². The van der Waals surface area contributed by atoms with Gasteiger partial charge in [-0.05, 0) is 55.9 Å². The molecule has 3 fully saturated rings. The summed E-state index contributed by atoms with van der Waals surface area (Å²) in [6, 6.07) is 13.4. The highest BCUT2D eigenvalue weighted by Crippen LogP contribution is 2.59. The summed E-state index contributed by atoms with van der Waals surface area (Å²) in [5, 5.41) is 16.3. The Hall–Kier alpha value is -3.23. The van der Waals surface area contributed by atoms with E-state index in [1.807, 2.05) is 64.1 Å². The van der Waals surface area contributed by atoms with Gasteiger partial charge in [0.25, 0.3) is 0 Å². The first-order valence-electron chi connectivity index (χ1n) is 13.0. The Kier molecular flexibility index (Phi) is 6.58. The minimum Gasteiger partial charge on any atom is -0.394 e. The molecule has 2 bridgehead atoms. The molecule has 5 rings (SSSR count). The summed E-state index contributed by atoms with van der Waals surface area (Å²) in [5.41, 5.74) is 2.06. The van der Waals surface area contributed by atoms with Crippen LogP contribution in [0.3, 0.4) is 0 Å². The molecule has 3 aliphatic rings. The molecular weight excluding hydrogens is 470 g/mol. The van der Waals surface area contributed by atoms with Crippen molar-refractivity contribution in [2.24, 2.45) is 17.8 Å². The van der Waals surface area contributed by atoms with Crippen molar-refractivity contribution in [3.8, 4) is 0 Å². The normalized spacial score (nSPS) is 28.9. The van der Waals surface area contributed by atoms with E-state index in [2.05, 4.69) is 10.6 Å². The molecule has 3 amide bonds. The second-order valence-corrected chi connectivity index (χ2v) is 10.9. The van der Waals surface area contributed by atoms with E-state index in [0.717, 1.165) is 11.1 Å². The fourth-order valence-corrected chi connectivity index (χ4v) is 6.62. The summed E-state index contributed by atoms with van der Waals surface area (Å²) >= 11 is 0. The van der Waals surface area contributed by atoms with Gasteiger partial charge >= 0.3 is 0 Å². The average molecular weight is 506 g/mol. The van der Waals surface area contributed by atoms with Crippen LogP contribution in [0.15, 0.2) is 48.5 Å². The van der Waals surface area contributed by atoms with Crippen LogP contribution in [0.2, 0.25) is 0 Å². The van der Waals surface area contributed by atoms with Crippen LogP contribution in [0.4, 0.5) is 11.4 Å². The van der Waals surface area contributed by atoms with Crippen molar-refractivity contribution < 1.29 is 24.2 Å². The van der Waals surface area contributed by atoms with E-state index in [0.29, 0.717) is 24.2 Å². The molecule has 196 valence electrons. The number of hydrogen-bond acceptors (Lipinski definition) is 5. The smallest absolute Gasteiger partial charge is 0.250 e. The average Bonchev–Trinajstić information content (AvgIpc) is 3.50. The third-order valence-electron chi connectivity index (χ3n) is 8.37. The lowest BCUT2D eigenvalue weighted by Gasteiger charge is -2.38. The molecule has 0 saturated carbocycles. The number of amides is 3. The highest BCUT2D eigenvalue weighted by molar-refractivity contribution is 6.05. The minimum absolute atomic E-state index is 0.103. The fraction of sp³-hybridized carbons (Fsp3) is 0.483. The van der Waals surface area contributed by atoms with Crippen molar-refractivity contribution in [1.82, 2.24) is 4.90 Å². The topological polar surface area (TPSA) is 108 Å². The number of carbonyl (C=O) groups is 3. The van der Waals surface area contributed by atoms with Crippen LogP contribution in [0, 0.1) is 31.6 Å². The van der Waals surface area contributed by atoms with Crippen LogP contribution in [-0.4, -0.2) is 58.1 Å². The van der Waals surface area contributed by atoms with E-state index >= 15 is 0 Å². The molecule has 8 nitrogen and oxygen atoms in total. The molecule has 3 heterocycles. The van der Waals surface area contributed by atoms with Crippen molar-refractivity contribution in [3.63, 3.8) is 0 Å². The maximum atomic E-state index is 14.1. The molecule has 0 aliphatic carbocycles. The lowest BCUT2D eigenvalue weighted by atomic mass is 9.70. The number of rotatable bonds is 7. The van der Waals surface area contributed by atoms with E-state index in [-0.39, 0.29) is 30.2 Å². The van der Waals surface area contributed by atoms with Gasteiger partial charge < -0.3 is 25.4 Å². The highest BCUT2D eigenvalue weighted by atomic mass is 16.5. The summed E-state index contributed by atoms with van der Waals surface area (Å²) in [6.45, 7) is 7.39. The van der Waals surface area contributed by atoms with Crippen molar-refractivity contribution in [1.29, 1.82) is 0 Å². The Bertz CT molecular complexity index is 1200. The number of benzene rings is 2. The molecule has 2 aromatic rings. The Morgan fingerprint density at radius 1 is 1.05 bits per heavy atom. The van der Waals surface area contributed by atoms with Gasteiger partial charge in [0.1, 0.15) is 11.6 Å². The van der Waals surface area contributed by atoms with E-state index in [1.165, 1.54) is 4.90 Å². The standard InChI is InChI=1S/C29H35N3O5/c1-16(2)20(15-33)32-25(27(35)31-24-17(3)9-8-10-18(24)4)29-14-13-21(37-29)22(23(29)28(32)36)26(34)30-19-11-6-5-7-12-19/h5-12,16,20-23,25,33H,13-15H2,1-4H3,(H,30,34)(H,31,35)/t20-,21+,22-,23-,25?,29?/m0/s1. The van der Waals surface area contributed by atoms with E-state index in [1.54, 1.807) is 12.1 Å². The monoisotopic (exact) mass is 505 g/mol. The largest absolute Gasteiger partial charge is 0.394 e. The van der Waals surface area contributed by atoms with Crippen molar-refractivity contribution >= 4 is 29.1 Å². The minimum atomic E-state index is -1.12. The van der Waals surface area contributed by atoms with Gasteiger partial charge in [0, 0.05) is 11.4 Å². The molecule has 3 aliphatic heterocycles. The maximum Gasteiger partial charge on any atom is 0.250 e. The molecule has 0 radical (unpaired) electrons. The number of nitrogens with zero attached hydrogens (tertiary/aromatic N) is 1. The zero-order valence-corrected chi connectivity index (χ0v) is 21.7. The SMILES string of the molecule is Cc1cccc(C)c1NC(=O)C1N([C@@H](CO)C(C)C)C(=O)[C@@H]2[C@@H](C(=O)Nc3ccccc3)[C@H]3CCC12O3. The van der Waals surface area contributed by atoms with Gasteiger partial charge in [-0.15, -0.1) is 0 Å². The molecule has 6 atom stereocenters. The summed E-state index contributed by atoms with van der Waals surface area (Å²) in [4.78, 5) is 43.2. The van der Waals surface area contributed by atoms with Gasteiger partial charge in [-0.2, -0.15) is 0 Å². The zero-order valence-electron chi connectivity index (χ0n) is 21.7. The number of carbonyl (C=O) groups excluding carboxylic acids is 3. The molecular formula is C29H35N3O5. The Morgan fingerprint density at radius 3 is 2.35 bits per heavy atom. The molecule has 2 aromatic carbocycles. The molecule has 37 heavy (non-hydrogen) atoms.